The van der Waals surface area contributed by atoms with Gasteiger partial charge in [-0.1, -0.05) is 12.1 Å². The first-order valence-corrected chi connectivity index (χ1v) is 4.47. The zero-order valence-corrected chi connectivity index (χ0v) is 8.27. The smallest absolute Gasteiger partial charge is 0.146 e. The summed E-state index contributed by atoms with van der Waals surface area (Å²) >= 11 is 0. The summed E-state index contributed by atoms with van der Waals surface area (Å²) in [6.07, 6.45) is 2.38. The van der Waals surface area contributed by atoms with Gasteiger partial charge in [0.2, 0.25) is 0 Å². The van der Waals surface area contributed by atoms with Crippen molar-refractivity contribution in [3.63, 3.8) is 0 Å². The van der Waals surface area contributed by atoms with Crippen LogP contribution in [-0.4, -0.2) is 20.4 Å². The number of carbonyl (C=O) groups is 1. The summed E-state index contributed by atoms with van der Waals surface area (Å²) in [5.41, 5.74) is 2.26. The number of para-hydroxylation sites is 2. The molecule has 3 heteroatoms. The van der Waals surface area contributed by atoms with Crippen LogP contribution < -0.4 is 9.80 Å². The number of fused-ring (bicyclic) bond motifs is 1. The van der Waals surface area contributed by atoms with Crippen LogP contribution in [0.2, 0.25) is 0 Å². The lowest BCUT2D eigenvalue weighted by Gasteiger charge is -2.16. The molecule has 0 aromatic heterocycles. The Morgan fingerprint density at radius 3 is 2.00 bits per heavy atom. The van der Waals surface area contributed by atoms with E-state index in [1.807, 2.05) is 48.2 Å². The maximum Gasteiger partial charge on any atom is 0.146 e. The standard InChI is InChI=1S/C11H12N2O/c1-12-9-5-3-4-6-10(9)13(2)11(12)7-8-14/h3-8H,1-2H3. The minimum Gasteiger partial charge on any atom is -0.329 e. The second kappa shape index (κ2) is 3.18. The van der Waals surface area contributed by atoms with Crippen molar-refractivity contribution < 1.29 is 4.79 Å². The summed E-state index contributed by atoms with van der Waals surface area (Å²) in [6, 6.07) is 8.06. The molecule has 0 fully saturated rings. The molecule has 72 valence electrons. The Balaban J connectivity index is 2.53. The van der Waals surface area contributed by atoms with Crippen molar-refractivity contribution in [2.75, 3.05) is 23.9 Å². The van der Waals surface area contributed by atoms with E-state index in [2.05, 4.69) is 0 Å². The molecule has 0 N–H and O–H groups in total. The molecule has 0 spiro atoms. The van der Waals surface area contributed by atoms with Crippen LogP contribution in [0, 0.1) is 0 Å². The van der Waals surface area contributed by atoms with Gasteiger partial charge in [0.05, 0.1) is 11.4 Å². The van der Waals surface area contributed by atoms with Crippen LogP contribution in [0.15, 0.2) is 36.2 Å². The van der Waals surface area contributed by atoms with E-state index in [9.17, 15) is 4.79 Å². The third-order valence-electron chi connectivity index (χ3n) is 2.51. The molecule has 0 atom stereocenters. The maximum absolute atomic E-state index is 10.5. The van der Waals surface area contributed by atoms with E-state index in [-0.39, 0.29) is 0 Å². The lowest BCUT2D eigenvalue weighted by atomic mass is 10.3. The Hall–Kier alpha value is -1.77. The number of allylic oxidation sites excluding steroid dienone is 1. The molecule has 1 aromatic rings. The van der Waals surface area contributed by atoms with Gasteiger partial charge in [0.25, 0.3) is 0 Å². The normalized spacial score (nSPS) is 14.3. The molecule has 0 radical (unpaired) electrons. The number of rotatable bonds is 1. The van der Waals surface area contributed by atoms with E-state index >= 15 is 0 Å². The summed E-state index contributed by atoms with van der Waals surface area (Å²) in [7, 11) is 3.91. The fourth-order valence-electron chi connectivity index (χ4n) is 1.79. The number of hydrogen-bond donors (Lipinski definition) is 0. The molecule has 3 nitrogen and oxygen atoms in total. The first-order chi connectivity index (χ1) is 6.75. The van der Waals surface area contributed by atoms with Gasteiger partial charge in [-0.3, -0.25) is 4.79 Å². The minimum atomic E-state index is 0.814. The molecule has 1 aliphatic heterocycles. The van der Waals surface area contributed by atoms with Crippen LogP contribution in [0.1, 0.15) is 0 Å². The first-order valence-electron chi connectivity index (χ1n) is 4.47. The highest BCUT2D eigenvalue weighted by Crippen LogP contribution is 2.38. The van der Waals surface area contributed by atoms with Gasteiger partial charge in [-0.05, 0) is 12.1 Å². The Morgan fingerprint density at radius 2 is 1.57 bits per heavy atom. The van der Waals surface area contributed by atoms with Gasteiger partial charge < -0.3 is 9.80 Å². The van der Waals surface area contributed by atoms with Crippen LogP contribution in [-0.2, 0) is 4.79 Å². The van der Waals surface area contributed by atoms with Gasteiger partial charge in [-0.25, -0.2) is 0 Å². The zero-order valence-electron chi connectivity index (χ0n) is 8.27. The maximum atomic E-state index is 10.5. The predicted octanol–water partition coefficient (Wildman–Crippen LogP) is 1.61. The van der Waals surface area contributed by atoms with Gasteiger partial charge in [0.1, 0.15) is 12.1 Å². The number of anilines is 2. The number of carbonyl (C=O) groups excluding carboxylic acids is 1. The van der Waals surface area contributed by atoms with Crippen LogP contribution in [0.4, 0.5) is 11.4 Å². The Labute approximate surface area is 83.2 Å². The third kappa shape index (κ3) is 1.09. The van der Waals surface area contributed by atoms with E-state index in [4.69, 9.17) is 0 Å². The number of benzene rings is 1. The number of nitrogens with zero attached hydrogens (tertiary/aromatic N) is 2. The molecular weight excluding hydrogens is 176 g/mol. The molecule has 14 heavy (non-hydrogen) atoms. The molecule has 0 saturated heterocycles. The van der Waals surface area contributed by atoms with Crippen molar-refractivity contribution >= 4 is 17.7 Å². The number of hydrogen-bond acceptors (Lipinski definition) is 3. The van der Waals surface area contributed by atoms with Gasteiger partial charge in [-0.15, -0.1) is 0 Å². The lowest BCUT2D eigenvalue weighted by molar-refractivity contribution is -0.104. The Kier molecular flexibility index (Phi) is 2.00. The highest BCUT2D eigenvalue weighted by Gasteiger charge is 2.24. The molecule has 0 amide bonds. The van der Waals surface area contributed by atoms with Crippen molar-refractivity contribution in [3.05, 3.63) is 36.2 Å². The summed E-state index contributed by atoms with van der Waals surface area (Å²) in [5, 5.41) is 0. The lowest BCUT2D eigenvalue weighted by Crippen LogP contribution is -2.21. The molecule has 0 saturated carbocycles. The molecule has 1 aliphatic rings. The molecule has 0 bridgehead atoms. The van der Waals surface area contributed by atoms with Gasteiger partial charge in [0.15, 0.2) is 0 Å². The SMILES string of the molecule is CN1C(=CC=O)N(C)c2ccccc21. The van der Waals surface area contributed by atoms with Crippen molar-refractivity contribution in [3.8, 4) is 0 Å². The average Bonchev–Trinajstić information content (AvgIpc) is 2.45. The fraction of sp³-hybridized carbons (Fsp3) is 0.182. The van der Waals surface area contributed by atoms with Gasteiger partial charge in [-0.2, -0.15) is 0 Å². The van der Waals surface area contributed by atoms with E-state index in [1.54, 1.807) is 6.08 Å². The van der Waals surface area contributed by atoms with Crippen LogP contribution in [0.5, 0.6) is 0 Å². The highest BCUT2D eigenvalue weighted by atomic mass is 16.1. The molecule has 1 aromatic carbocycles. The second-order valence-electron chi connectivity index (χ2n) is 3.27. The summed E-state index contributed by atoms with van der Waals surface area (Å²) in [4.78, 5) is 14.5. The van der Waals surface area contributed by atoms with Crippen LogP contribution in [0.3, 0.4) is 0 Å². The average molecular weight is 188 g/mol. The van der Waals surface area contributed by atoms with Crippen LogP contribution >= 0.6 is 0 Å². The topological polar surface area (TPSA) is 23.6 Å². The monoisotopic (exact) mass is 188 g/mol. The summed E-state index contributed by atoms with van der Waals surface area (Å²) < 4.78 is 0. The van der Waals surface area contributed by atoms with Crippen molar-refractivity contribution in [1.29, 1.82) is 0 Å². The largest absolute Gasteiger partial charge is 0.329 e. The van der Waals surface area contributed by atoms with Crippen molar-refractivity contribution in [1.82, 2.24) is 0 Å². The minimum absolute atomic E-state index is 0.814. The summed E-state index contributed by atoms with van der Waals surface area (Å²) in [5.74, 6) is 0.904. The summed E-state index contributed by atoms with van der Waals surface area (Å²) in [6.45, 7) is 0. The van der Waals surface area contributed by atoms with Gasteiger partial charge in [0, 0.05) is 20.2 Å². The quantitative estimate of drug-likeness (QED) is 0.494. The molecule has 0 aliphatic carbocycles. The Bertz CT molecular complexity index is 367. The molecule has 0 unspecified atom stereocenters. The van der Waals surface area contributed by atoms with Crippen LogP contribution in [0.25, 0.3) is 0 Å². The van der Waals surface area contributed by atoms with E-state index in [0.717, 1.165) is 23.5 Å². The molecule has 2 rings (SSSR count). The molecular formula is C11H12N2O. The van der Waals surface area contributed by atoms with E-state index in [0.29, 0.717) is 0 Å². The third-order valence-corrected chi connectivity index (χ3v) is 2.51. The van der Waals surface area contributed by atoms with Crippen molar-refractivity contribution in [2.24, 2.45) is 0 Å². The van der Waals surface area contributed by atoms with Crippen molar-refractivity contribution in [2.45, 2.75) is 0 Å². The zero-order chi connectivity index (χ0) is 10.1. The molecule has 1 heterocycles. The second-order valence-corrected chi connectivity index (χ2v) is 3.27. The highest BCUT2D eigenvalue weighted by molar-refractivity contribution is 5.84. The van der Waals surface area contributed by atoms with E-state index < -0.39 is 0 Å². The predicted molar refractivity (Wildman–Crippen MR) is 57.4 cm³/mol. The number of aldehydes is 1. The van der Waals surface area contributed by atoms with E-state index in [1.165, 1.54) is 0 Å². The fourth-order valence-corrected chi connectivity index (χ4v) is 1.79. The first kappa shape index (κ1) is 8.81. The Morgan fingerprint density at radius 1 is 1.07 bits per heavy atom. The van der Waals surface area contributed by atoms with Gasteiger partial charge >= 0.3 is 0 Å².